The molecule has 1 N–H and O–H groups in total. The summed E-state index contributed by atoms with van der Waals surface area (Å²) in [6.45, 7) is 0.377. The fourth-order valence-corrected chi connectivity index (χ4v) is 2.86. The Balaban J connectivity index is 1.96. The first-order chi connectivity index (χ1) is 11.6. The number of aromatic nitrogens is 2. The molecule has 1 atom stereocenters. The Kier molecular flexibility index (Phi) is 4.41. The van der Waals surface area contributed by atoms with Crippen LogP contribution < -0.4 is 5.56 Å². The number of rotatable bonds is 3. The molecule has 7 nitrogen and oxygen atoms in total. The number of benzene rings is 1. The smallest absolute Gasteiger partial charge is 0.326 e. The molecule has 0 aliphatic carbocycles. The molecule has 1 saturated heterocycles. The number of carbonyl (C=O) groups is 2. The number of piperidine rings is 1. The van der Waals surface area contributed by atoms with Crippen LogP contribution in [0, 0.1) is 0 Å². The van der Waals surface area contributed by atoms with E-state index < -0.39 is 17.9 Å². The molecule has 2 heterocycles. The molecule has 0 spiro atoms. The topological polar surface area (TPSA) is 92.5 Å². The van der Waals surface area contributed by atoms with Crippen molar-refractivity contribution < 1.29 is 14.7 Å². The van der Waals surface area contributed by atoms with Gasteiger partial charge >= 0.3 is 5.97 Å². The first-order valence-electron chi connectivity index (χ1n) is 7.77. The minimum atomic E-state index is -1.01. The van der Waals surface area contributed by atoms with Gasteiger partial charge in [0.15, 0.2) is 0 Å². The summed E-state index contributed by atoms with van der Waals surface area (Å²) in [6, 6.07) is 10.5. The fourth-order valence-electron chi connectivity index (χ4n) is 2.86. The molecule has 1 aromatic carbocycles. The number of carboxylic acid groups (broad SMARTS) is 1. The van der Waals surface area contributed by atoms with Crippen molar-refractivity contribution in [2.75, 3.05) is 6.54 Å². The molecule has 0 bridgehead atoms. The monoisotopic (exact) mass is 327 g/mol. The van der Waals surface area contributed by atoms with Crippen molar-refractivity contribution in [2.45, 2.75) is 25.3 Å². The van der Waals surface area contributed by atoms with E-state index in [1.807, 2.05) is 6.07 Å². The summed E-state index contributed by atoms with van der Waals surface area (Å²) in [5.41, 5.74) is 0.253. The first kappa shape index (κ1) is 15.9. The van der Waals surface area contributed by atoms with Crippen molar-refractivity contribution in [3.63, 3.8) is 0 Å². The summed E-state index contributed by atoms with van der Waals surface area (Å²) in [7, 11) is 0. The Labute approximate surface area is 138 Å². The van der Waals surface area contributed by atoms with Gasteiger partial charge < -0.3 is 10.0 Å². The quantitative estimate of drug-likeness (QED) is 0.917. The Morgan fingerprint density at radius 3 is 2.54 bits per heavy atom. The van der Waals surface area contributed by atoms with E-state index in [4.69, 9.17) is 0 Å². The molecule has 1 aromatic heterocycles. The molecule has 3 rings (SSSR count). The van der Waals surface area contributed by atoms with Gasteiger partial charge in [-0.25, -0.2) is 4.79 Å². The SMILES string of the molecule is O=C(O)[C@@H]1CCCCN1C(=O)c1ccc(=O)n(-c2ccccc2)n1. The van der Waals surface area contributed by atoms with Crippen LogP contribution in [0.1, 0.15) is 29.8 Å². The maximum Gasteiger partial charge on any atom is 0.326 e. The zero-order valence-corrected chi connectivity index (χ0v) is 13.0. The molecule has 0 radical (unpaired) electrons. The van der Waals surface area contributed by atoms with Crippen molar-refractivity contribution >= 4 is 11.9 Å². The first-order valence-corrected chi connectivity index (χ1v) is 7.77. The van der Waals surface area contributed by atoms with Gasteiger partial charge in [-0.1, -0.05) is 18.2 Å². The fraction of sp³-hybridized carbons (Fsp3) is 0.294. The van der Waals surface area contributed by atoms with Crippen LogP contribution in [-0.2, 0) is 4.79 Å². The maximum atomic E-state index is 12.7. The minimum Gasteiger partial charge on any atom is -0.480 e. The number of hydrogen-bond donors (Lipinski definition) is 1. The van der Waals surface area contributed by atoms with E-state index in [1.54, 1.807) is 24.3 Å². The second kappa shape index (κ2) is 6.66. The molecule has 24 heavy (non-hydrogen) atoms. The summed E-state index contributed by atoms with van der Waals surface area (Å²) in [4.78, 5) is 37.4. The van der Waals surface area contributed by atoms with Gasteiger partial charge in [0.05, 0.1) is 5.69 Å². The maximum absolute atomic E-state index is 12.7. The van der Waals surface area contributed by atoms with Crippen LogP contribution in [0.3, 0.4) is 0 Å². The Morgan fingerprint density at radius 2 is 1.83 bits per heavy atom. The largest absolute Gasteiger partial charge is 0.480 e. The predicted molar refractivity (Wildman–Crippen MR) is 86.1 cm³/mol. The van der Waals surface area contributed by atoms with Gasteiger partial charge in [-0.2, -0.15) is 9.78 Å². The van der Waals surface area contributed by atoms with Gasteiger partial charge in [0.25, 0.3) is 11.5 Å². The number of carboxylic acids is 1. The van der Waals surface area contributed by atoms with Crippen LogP contribution in [0.5, 0.6) is 0 Å². The summed E-state index contributed by atoms with van der Waals surface area (Å²) >= 11 is 0. The molecule has 7 heteroatoms. The van der Waals surface area contributed by atoms with E-state index >= 15 is 0 Å². The third-order valence-corrected chi connectivity index (χ3v) is 4.07. The van der Waals surface area contributed by atoms with Crippen LogP contribution in [0.4, 0.5) is 0 Å². The molecule has 0 unspecified atom stereocenters. The second-order valence-electron chi connectivity index (χ2n) is 5.65. The predicted octanol–water partition coefficient (Wildman–Crippen LogP) is 1.31. The molecule has 0 saturated carbocycles. The van der Waals surface area contributed by atoms with Crippen molar-refractivity contribution in [2.24, 2.45) is 0 Å². The van der Waals surface area contributed by atoms with Crippen molar-refractivity contribution in [3.8, 4) is 5.69 Å². The zero-order valence-electron chi connectivity index (χ0n) is 13.0. The molecule has 124 valence electrons. The van der Waals surface area contributed by atoms with E-state index in [0.29, 0.717) is 18.7 Å². The van der Waals surface area contributed by atoms with Crippen LogP contribution in [0.25, 0.3) is 5.69 Å². The molecular formula is C17H17N3O4. The van der Waals surface area contributed by atoms with E-state index in [9.17, 15) is 19.5 Å². The van der Waals surface area contributed by atoms with Gasteiger partial charge in [0.2, 0.25) is 0 Å². The van der Waals surface area contributed by atoms with Crippen LogP contribution in [0.2, 0.25) is 0 Å². The highest BCUT2D eigenvalue weighted by Gasteiger charge is 2.33. The number of para-hydroxylation sites is 1. The van der Waals surface area contributed by atoms with E-state index in [1.165, 1.54) is 17.0 Å². The van der Waals surface area contributed by atoms with E-state index in [-0.39, 0.29) is 11.3 Å². The highest BCUT2D eigenvalue weighted by molar-refractivity contribution is 5.95. The van der Waals surface area contributed by atoms with Gasteiger partial charge in [0.1, 0.15) is 11.7 Å². The van der Waals surface area contributed by atoms with Crippen molar-refractivity contribution in [1.29, 1.82) is 0 Å². The van der Waals surface area contributed by atoms with Crippen LogP contribution in [0.15, 0.2) is 47.3 Å². The van der Waals surface area contributed by atoms with Crippen molar-refractivity contribution in [3.05, 3.63) is 58.5 Å². The summed E-state index contributed by atoms with van der Waals surface area (Å²) in [6.07, 6.45) is 1.96. The number of likely N-dealkylation sites (tertiary alicyclic amines) is 1. The normalized spacial score (nSPS) is 17.5. The number of aliphatic carboxylic acids is 1. The van der Waals surface area contributed by atoms with Gasteiger partial charge in [-0.05, 0) is 37.5 Å². The lowest BCUT2D eigenvalue weighted by Crippen LogP contribution is -2.48. The Bertz CT molecular complexity index is 816. The lowest BCUT2D eigenvalue weighted by atomic mass is 10.0. The van der Waals surface area contributed by atoms with Crippen LogP contribution >= 0.6 is 0 Å². The highest BCUT2D eigenvalue weighted by atomic mass is 16.4. The third kappa shape index (κ3) is 3.05. The van der Waals surface area contributed by atoms with Gasteiger partial charge in [-0.15, -0.1) is 0 Å². The van der Waals surface area contributed by atoms with Crippen LogP contribution in [-0.4, -0.2) is 44.3 Å². The van der Waals surface area contributed by atoms with E-state index in [2.05, 4.69) is 5.10 Å². The second-order valence-corrected chi connectivity index (χ2v) is 5.65. The highest BCUT2D eigenvalue weighted by Crippen LogP contribution is 2.19. The van der Waals surface area contributed by atoms with E-state index in [0.717, 1.165) is 17.5 Å². The third-order valence-electron chi connectivity index (χ3n) is 4.07. The molecule has 1 fully saturated rings. The molecule has 1 aliphatic heterocycles. The minimum absolute atomic E-state index is 0.0617. The zero-order chi connectivity index (χ0) is 17.1. The number of hydrogen-bond acceptors (Lipinski definition) is 4. The lowest BCUT2D eigenvalue weighted by Gasteiger charge is -2.32. The Morgan fingerprint density at radius 1 is 1.08 bits per heavy atom. The number of nitrogens with zero attached hydrogens (tertiary/aromatic N) is 3. The molecule has 2 aromatic rings. The lowest BCUT2D eigenvalue weighted by molar-refractivity contribution is -0.143. The number of carbonyl (C=O) groups excluding carboxylic acids is 1. The average molecular weight is 327 g/mol. The van der Waals surface area contributed by atoms with Gasteiger partial charge in [-0.3, -0.25) is 9.59 Å². The van der Waals surface area contributed by atoms with Gasteiger partial charge in [0, 0.05) is 12.6 Å². The Hall–Kier alpha value is -2.96. The molecular weight excluding hydrogens is 310 g/mol. The summed E-state index contributed by atoms with van der Waals surface area (Å²) in [5, 5.41) is 13.4. The summed E-state index contributed by atoms with van der Waals surface area (Å²) < 4.78 is 1.15. The molecule has 1 amide bonds. The average Bonchev–Trinajstić information content (AvgIpc) is 2.62. The molecule has 1 aliphatic rings. The number of amides is 1. The standard InChI is InChI=1S/C17H17N3O4/c21-15-10-9-13(18-20(15)12-6-2-1-3-7-12)16(22)19-11-5-4-8-14(19)17(23)24/h1-3,6-7,9-10,14H,4-5,8,11H2,(H,23,24)/t14-/m0/s1. The summed E-state index contributed by atoms with van der Waals surface area (Å²) in [5.74, 6) is -1.48. The van der Waals surface area contributed by atoms with Crippen molar-refractivity contribution in [1.82, 2.24) is 14.7 Å².